The van der Waals surface area contributed by atoms with Crippen LogP contribution in [-0.2, 0) is 13.5 Å². The molecule has 1 aromatic carbocycles. The molecular formula is C14H15N3O3. The summed E-state index contributed by atoms with van der Waals surface area (Å²) in [5.41, 5.74) is 1.59. The lowest BCUT2D eigenvalue weighted by Gasteiger charge is -2.09. The number of aromatic carboxylic acids is 1. The van der Waals surface area contributed by atoms with Crippen molar-refractivity contribution in [3.05, 3.63) is 47.3 Å². The molecule has 2 N–H and O–H groups in total. The second-order valence-corrected chi connectivity index (χ2v) is 4.30. The van der Waals surface area contributed by atoms with Crippen molar-refractivity contribution in [3.63, 3.8) is 0 Å². The minimum atomic E-state index is -1.18. The summed E-state index contributed by atoms with van der Waals surface area (Å²) in [6.45, 7) is 1.98. The molecule has 0 bridgehead atoms. The summed E-state index contributed by atoms with van der Waals surface area (Å²) in [7, 11) is 1.49. The summed E-state index contributed by atoms with van der Waals surface area (Å²) in [5, 5.41) is 15.7. The van der Waals surface area contributed by atoms with Gasteiger partial charge in [-0.1, -0.05) is 25.1 Å². The van der Waals surface area contributed by atoms with Crippen molar-refractivity contribution in [2.24, 2.45) is 7.05 Å². The van der Waals surface area contributed by atoms with Crippen molar-refractivity contribution >= 4 is 17.6 Å². The standard InChI is InChI=1S/C14H15N3O3/c1-3-9-6-4-5-7-11(9)16-13(18)10-8-15-17(2)12(10)14(19)20/h4-8H,3H2,1-2H3,(H,16,18)(H,19,20). The highest BCUT2D eigenvalue weighted by Gasteiger charge is 2.21. The lowest BCUT2D eigenvalue weighted by Crippen LogP contribution is -2.17. The molecule has 0 saturated heterocycles. The fourth-order valence-corrected chi connectivity index (χ4v) is 2.00. The van der Waals surface area contributed by atoms with Crippen molar-refractivity contribution in [2.75, 3.05) is 5.32 Å². The van der Waals surface area contributed by atoms with Crippen LogP contribution in [0.1, 0.15) is 33.3 Å². The van der Waals surface area contributed by atoms with Gasteiger partial charge in [0.05, 0.1) is 11.8 Å². The number of benzene rings is 1. The number of hydrogen-bond acceptors (Lipinski definition) is 3. The first-order chi connectivity index (χ1) is 9.54. The highest BCUT2D eigenvalue weighted by molar-refractivity contribution is 6.10. The van der Waals surface area contributed by atoms with E-state index in [4.69, 9.17) is 5.11 Å². The molecule has 2 aromatic rings. The Morgan fingerprint density at radius 1 is 1.35 bits per heavy atom. The molecule has 0 atom stereocenters. The zero-order valence-corrected chi connectivity index (χ0v) is 11.3. The van der Waals surface area contributed by atoms with E-state index < -0.39 is 11.9 Å². The van der Waals surface area contributed by atoms with Crippen LogP contribution < -0.4 is 5.32 Å². The van der Waals surface area contributed by atoms with Crippen molar-refractivity contribution in [1.82, 2.24) is 9.78 Å². The number of aromatic nitrogens is 2. The van der Waals surface area contributed by atoms with E-state index in [2.05, 4.69) is 10.4 Å². The van der Waals surface area contributed by atoms with E-state index in [1.165, 1.54) is 17.9 Å². The molecule has 1 amide bonds. The number of amides is 1. The molecule has 0 fully saturated rings. The lowest BCUT2D eigenvalue weighted by molar-refractivity contribution is 0.0680. The molecule has 0 saturated carbocycles. The molecule has 0 aliphatic carbocycles. The summed E-state index contributed by atoms with van der Waals surface area (Å²) < 4.78 is 1.17. The number of carbonyl (C=O) groups is 2. The van der Waals surface area contributed by atoms with Crippen molar-refractivity contribution in [1.29, 1.82) is 0 Å². The van der Waals surface area contributed by atoms with Crippen molar-refractivity contribution < 1.29 is 14.7 Å². The number of nitrogens with one attached hydrogen (secondary N) is 1. The topological polar surface area (TPSA) is 84.2 Å². The van der Waals surface area contributed by atoms with Gasteiger partial charge in [0.15, 0.2) is 5.69 Å². The van der Waals surface area contributed by atoms with Crippen LogP contribution in [0, 0.1) is 0 Å². The maximum absolute atomic E-state index is 12.2. The van der Waals surface area contributed by atoms with Gasteiger partial charge in [0, 0.05) is 12.7 Å². The van der Waals surface area contributed by atoms with Gasteiger partial charge in [-0.3, -0.25) is 9.48 Å². The highest BCUT2D eigenvalue weighted by Crippen LogP contribution is 2.17. The minimum Gasteiger partial charge on any atom is -0.477 e. The largest absolute Gasteiger partial charge is 0.477 e. The first-order valence-corrected chi connectivity index (χ1v) is 6.19. The van der Waals surface area contributed by atoms with Gasteiger partial charge in [-0.15, -0.1) is 0 Å². The number of para-hydroxylation sites is 1. The van der Waals surface area contributed by atoms with Gasteiger partial charge in [-0.2, -0.15) is 5.10 Å². The summed E-state index contributed by atoms with van der Waals surface area (Å²) in [4.78, 5) is 23.3. The molecule has 104 valence electrons. The Morgan fingerprint density at radius 2 is 2.05 bits per heavy atom. The van der Waals surface area contributed by atoms with Gasteiger partial charge in [-0.05, 0) is 18.1 Å². The predicted octanol–water partition coefficient (Wildman–Crippen LogP) is 1.93. The number of carboxylic acid groups (broad SMARTS) is 1. The fourth-order valence-electron chi connectivity index (χ4n) is 2.00. The Kier molecular flexibility index (Phi) is 3.84. The quantitative estimate of drug-likeness (QED) is 0.891. The maximum Gasteiger partial charge on any atom is 0.354 e. The van der Waals surface area contributed by atoms with E-state index in [0.717, 1.165) is 12.0 Å². The molecule has 1 heterocycles. The molecule has 0 aliphatic rings. The molecule has 0 spiro atoms. The zero-order chi connectivity index (χ0) is 14.7. The summed E-state index contributed by atoms with van der Waals surface area (Å²) in [6.07, 6.45) is 2.03. The minimum absolute atomic E-state index is 0.0471. The molecular weight excluding hydrogens is 258 g/mol. The first-order valence-electron chi connectivity index (χ1n) is 6.19. The van der Waals surface area contributed by atoms with E-state index in [1.54, 1.807) is 6.07 Å². The van der Waals surface area contributed by atoms with Crippen LogP contribution in [0.15, 0.2) is 30.5 Å². The van der Waals surface area contributed by atoms with Gasteiger partial charge in [0.1, 0.15) is 0 Å². The van der Waals surface area contributed by atoms with E-state index >= 15 is 0 Å². The van der Waals surface area contributed by atoms with E-state index in [-0.39, 0.29) is 11.3 Å². The number of aryl methyl sites for hydroxylation is 2. The second-order valence-electron chi connectivity index (χ2n) is 4.30. The van der Waals surface area contributed by atoms with Gasteiger partial charge < -0.3 is 10.4 Å². The summed E-state index contributed by atoms with van der Waals surface area (Å²) in [6, 6.07) is 7.40. The maximum atomic E-state index is 12.2. The van der Waals surface area contributed by atoms with Gasteiger partial charge in [0.25, 0.3) is 5.91 Å². The predicted molar refractivity (Wildman–Crippen MR) is 73.9 cm³/mol. The number of nitrogens with zero attached hydrogens (tertiary/aromatic N) is 2. The SMILES string of the molecule is CCc1ccccc1NC(=O)c1cnn(C)c1C(=O)O. The number of rotatable bonds is 4. The van der Waals surface area contributed by atoms with Gasteiger partial charge in [0.2, 0.25) is 0 Å². The monoisotopic (exact) mass is 273 g/mol. The third-order valence-corrected chi connectivity index (χ3v) is 3.03. The molecule has 0 radical (unpaired) electrons. The van der Waals surface area contributed by atoms with Crippen LogP contribution in [-0.4, -0.2) is 26.8 Å². The average Bonchev–Trinajstić information content (AvgIpc) is 2.81. The van der Waals surface area contributed by atoms with Gasteiger partial charge in [-0.25, -0.2) is 4.79 Å². The van der Waals surface area contributed by atoms with Gasteiger partial charge >= 0.3 is 5.97 Å². The van der Waals surface area contributed by atoms with E-state index in [0.29, 0.717) is 5.69 Å². The van der Waals surface area contributed by atoms with Crippen LogP contribution in [0.4, 0.5) is 5.69 Å². The van der Waals surface area contributed by atoms with Crippen molar-refractivity contribution in [2.45, 2.75) is 13.3 Å². The van der Waals surface area contributed by atoms with E-state index in [9.17, 15) is 9.59 Å². The normalized spacial score (nSPS) is 10.3. The Bertz CT molecular complexity index is 661. The summed E-state index contributed by atoms with van der Waals surface area (Å²) in [5.74, 6) is -1.66. The van der Waals surface area contributed by atoms with Crippen LogP contribution in [0.25, 0.3) is 0 Å². The smallest absolute Gasteiger partial charge is 0.354 e. The molecule has 6 nitrogen and oxygen atoms in total. The highest BCUT2D eigenvalue weighted by atomic mass is 16.4. The third kappa shape index (κ3) is 2.54. The second kappa shape index (κ2) is 5.56. The third-order valence-electron chi connectivity index (χ3n) is 3.03. The first kappa shape index (κ1) is 13.8. The number of hydrogen-bond donors (Lipinski definition) is 2. The lowest BCUT2D eigenvalue weighted by atomic mass is 10.1. The van der Waals surface area contributed by atoms with Crippen LogP contribution in [0.3, 0.4) is 0 Å². The summed E-state index contributed by atoms with van der Waals surface area (Å²) >= 11 is 0. The molecule has 1 aromatic heterocycles. The molecule has 0 aliphatic heterocycles. The van der Waals surface area contributed by atoms with Crippen LogP contribution in [0.2, 0.25) is 0 Å². The number of carboxylic acids is 1. The molecule has 6 heteroatoms. The van der Waals surface area contributed by atoms with Crippen LogP contribution in [0.5, 0.6) is 0 Å². The Morgan fingerprint density at radius 3 is 2.70 bits per heavy atom. The van der Waals surface area contributed by atoms with Crippen molar-refractivity contribution in [3.8, 4) is 0 Å². The average molecular weight is 273 g/mol. The van der Waals surface area contributed by atoms with Crippen LogP contribution >= 0.6 is 0 Å². The number of anilines is 1. The Labute approximate surface area is 116 Å². The fraction of sp³-hybridized carbons (Fsp3) is 0.214. The molecule has 20 heavy (non-hydrogen) atoms. The molecule has 0 unspecified atom stereocenters. The Hall–Kier alpha value is -2.63. The Balaban J connectivity index is 2.31. The van der Waals surface area contributed by atoms with E-state index in [1.807, 2.05) is 25.1 Å². The zero-order valence-electron chi connectivity index (χ0n) is 11.3. The molecule has 2 rings (SSSR count). The number of carbonyl (C=O) groups excluding carboxylic acids is 1.